The maximum absolute atomic E-state index is 10.3. The largest absolute Gasteiger partial charge is 0.493 e. The quantitative estimate of drug-likeness (QED) is 0.729. The van der Waals surface area contributed by atoms with Crippen LogP contribution in [0.1, 0.15) is 31.2 Å². The summed E-state index contributed by atoms with van der Waals surface area (Å²) in [5, 5.41) is 19.7. The highest BCUT2D eigenvalue weighted by atomic mass is 16.5. The molecule has 0 spiro atoms. The summed E-state index contributed by atoms with van der Waals surface area (Å²) in [7, 11) is 1.66. The van der Waals surface area contributed by atoms with Gasteiger partial charge in [0.2, 0.25) is 0 Å². The summed E-state index contributed by atoms with van der Waals surface area (Å²) < 4.78 is 11.4. The van der Waals surface area contributed by atoms with Gasteiger partial charge in [-0.3, -0.25) is 9.80 Å². The van der Waals surface area contributed by atoms with Gasteiger partial charge in [-0.25, -0.2) is 0 Å². The normalized spacial score (nSPS) is 24.7. The lowest BCUT2D eigenvalue weighted by Crippen LogP contribution is -2.50. The van der Waals surface area contributed by atoms with Crippen LogP contribution in [0.5, 0.6) is 11.5 Å². The molecule has 0 bridgehead atoms. The number of aliphatic hydroxyl groups excluding tert-OH is 1. The average Bonchev–Trinajstić information content (AvgIpc) is 3.16. The summed E-state index contributed by atoms with van der Waals surface area (Å²) in [6.07, 6.45) is 4.14. The lowest BCUT2D eigenvalue weighted by molar-refractivity contribution is -0.0687. The molecule has 6 nitrogen and oxygen atoms in total. The zero-order chi connectivity index (χ0) is 18.4. The van der Waals surface area contributed by atoms with Crippen molar-refractivity contribution < 1.29 is 19.7 Å². The SMILES string of the molecule is COc1cc(CN2CCC[C@@](O)(CO)C2)ccc1OCCN1CCCC1. The van der Waals surface area contributed by atoms with Gasteiger partial charge in [0.05, 0.1) is 13.7 Å². The van der Waals surface area contributed by atoms with Crippen LogP contribution in [0, 0.1) is 0 Å². The van der Waals surface area contributed by atoms with Gasteiger partial charge in [0, 0.05) is 19.6 Å². The first kappa shape index (κ1) is 19.4. The third kappa shape index (κ3) is 5.10. The van der Waals surface area contributed by atoms with Crippen LogP contribution in [0.15, 0.2) is 18.2 Å². The standard InChI is InChI=1S/C20H32N2O4/c1-25-19-13-17(14-22-10-4-7-20(24,15-22)16-23)5-6-18(19)26-12-11-21-8-2-3-9-21/h5-6,13,23-24H,2-4,7-12,14-16H2,1H3/t20-/m0/s1. The van der Waals surface area contributed by atoms with E-state index >= 15 is 0 Å². The van der Waals surface area contributed by atoms with Gasteiger partial charge in [-0.1, -0.05) is 6.07 Å². The number of piperidine rings is 1. The van der Waals surface area contributed by atoms with E-state index < -0.39 is 5.60 Å². The molecule has 6 heteroatoms. The van der Waals surface area contributed by atoms with Gasteiger partial charge in [-0.15, -0.1) is 0 Å². The summed E-state index contributed by atoms with van der Waals surface area (Å²) in [5.41, 5.74) is 0.150. The van der Waals surface area contributed by atoms with E-state index in [1.807, 2.05) is 12.1 Å². The summed E-state index contributed by atoms with van der Waals surface area (Å²) >= 11 is 0. The zero-order valence-corrected chi connectivity index (χ0v) is 15.8. The smallest absolute Gasteiger partial charge is 0.161 e. The van der Waals surface area contributed by atoms with Crippen LogP contribution in [0.3, 0.4) is 0 Å². The summed E-state index contributed by atoms with van der Waals surface area (Å²) in [5.74, 6) is 1.53. The maximum atomic E-state index is 10.3. The number of likely N-dealkylation sites (tertiary alicyclic amines) is 2. The predicted molar refractivity (Wildman–Crippen MR) is 101 cm³/mol. The molecule has 2 saturated heterocycles. The highest BCUT2D eigenvalue weighted by Crippen LogP contribution is 2.30. The molecule has 146 valence electrons. The van der Waals surface area contributed by atoms with Crippen molar-refractivity contribution in [1.29, 1.82) is 0 Å². The third-order valence-corrected chi connectivity index (χ3v) is 5.43. The molecule has 0 unspecified atom stereocenters. The monoisotopic (exact) mass is 364 g/mol. The summed E-state index contributed by atoms with van der Waals surface area (Å²) in [6, 6.07) is 6.04. The van der Waals surface area contributed by atoms with Crippen LogP contribution in [-0.2, 0) is 6.54 Å². The van der Waals surface area contributed by atoms with E-state index in [2.05, 4.69) is 15.9 Å². The van der Waals surface area contributed by atoms with E-state index in [1.54, 1.807) is 7.11 Å². The van der Waals surface area contributed by atoms with Crippen molar-refractivity contribution in [3.05, 3.63) is 23.8 Å². The number of benzene rings is 1. The first-order valence-corrected chi connectivity index (χ1v) is 9.69. The van der Waals surface area contributed by atoms with E-state index in [4.69, 9.17) is 9.47 Å². The maximum Gasteiger partial charge on any atom is 0.161 e. The lowest BCUT2D eigenvalue weighted by atomic mass is 9.93. The van der Waals surface area contributed by atoms with Crippen LogP contribution in [0.4, 0.5) is 0 Å². The van der Waals surface area contributed by atoms with Gasteiger partial charge in [0.1, 0.15) is 12.2 Å². The molecule has 0 saturated carbocycles. The Hall–Kier alpha value is -1.34. The van der Waals surface area contributed by atoms with Crippen molar-refractivity contribution in [2.24, 2.45) is 0 Å². The zero-order valence-electron chi connectivity index (χ0n) is 15.8. The fourth-order valence-electron chi connectivity index (χ4n) is 3.95. The minimum atomic E-state index is -0.971. The Kier molecular flexibility index (Phi) is 6.75. The van der Waals surface area contributed by atoms with Gasteiger partial charge in [0.25, 0.3) is 0 Å². The van der Waals surface area contributed by atoms with E-state index in [-0.39, 0.29) is 6.61 Å². The first-order valence-electron chi connectivity index (χ1n) is 9.69. The molecule has 1 aromatic carbocycles. The van der Waals surface area contributed by atoms with E-state index in [1.165, 1.54) is 25.9 Å². The Bertz CT molecular complexity index is 577. The van der Waals surface area contributed by atoms with Crippen LogP contribution >= 0.6 is 0 Å². The topological polar surface area (TPSA) is 65.4 Å². The molecular formula is C20H32N2O4. The Morgan fingerprint density at radius 3 is 2.58 bits per heavy atom. The van der Waals surface area contributed by atoms with Gasteiger partial charge in [0.15, 0.2) is 11.5 Å². The molecule has 0 aliphatic carbocycles. The first-order chi connectivity index (χ1) is 12.6. The Morgan fingerprint density at radius 1 is 1.08 bits per heavy atom. The van der Waals surface area contributed by atoms with Gasteiger partial charge < -0.3 is 19.7 Å². The third-order valence-electron chi connectivity index (χ3n) is 5.43. The van der Waals surface area contributed by atoms with E-state index in [0.29, 0.717) is 19.6 Å². The second-order valence-corrected chi connectivity index (χ2v) is 7.58. The van der Waals surface area contributed by atoms with Crippen molar-refractivity contribution in [2.75, 3.05) is 53.0 Å². The number of methoxy groups -OCH3 is 1. The molecular weight excluding hydrogens is 332 g/mol. The number of nitrogens with zero attached hydrogens (tertiary/aromatic N) is 2. The minimum absolute atomic E-state index is 0.184. The molecule has 2 aliphatic heterocycles. The number of rotatable bonds is 8. The second-order valence-electron chi connectivity index (χ2n) is 7.58. The molecule has 2 aliphatic rings. The Morgan fingerprint density at radius 2 is 1.85 bits per heavy atom. The van der Waals surface area contributed by atoms with Gasteiger partial charge in [-0.05, 0) is 63.0 Å². The molecule has 26 heavy (non-hydrogen) atoms. The molecule has 0 radical (unpaired) electrons. The van der Waals surface area contributed by atoms with Crippen LogP contribution in [-0.4, -0.2) is 78.7 Å². The van der Waals surface area contributed by atoms with Crippen LogP contribution in [0.2, 0.25) is 0 Å². The minimum Gasteiger partial charge on any atom is -0.493 e. The van der Waals surface area contributed by atoms with Gasteiger partial charge in [-0.2, -0.15) is 0 Å². The van der Waals surface area contributed by atoms with Crippen molar-refractivity contribution >= 4 is 0 Å². The molecule has 1 atom stereocenters. The van der Waals surface area contributed by atoms with Crippen LogP contribution < -0.4 is 9.47 Å². The highest BCUT2D eigenvalue weighted by molar-refractivity contribution is 5.43. The molecule has 2 N–H and O–H groups in total. The predicted octanol–water partition coefficient (Wildman–Crippen LogP) is 1.49. The molecule has 0 amide bonds. The fraction of sp³-hybridized carbons (Fsp3) is 0.700. The Balaban J connectivity index is 1.55. The molecule has 2 heterocycles. The lowest BCUT2D eigenvalue weighted by Gasteiger charge is -2.38. The molecule has 1 aromatic rings. The van der Waals surface area contributed by atoms with Crippen LogP contribution in [0.25, 0.3) is 0 Å². The second kappa shape index (κ2) is 9.04. The summed E-state index contributed by atoms with van der Waals surface area (Å²) in [6.45, 7) is 5.96. The van der Waals surface area contributed by atoms with Crippen molar-refractivity contribution in [2.45, 2.75) is 37.8 Å². The van der Waals surface area contributed by atoms with Crippen molar-refractivity contribution in [3.63, 3.8) is 0 Å². The summed E-state index contributed by atoms with van der Waals surface area (Å²) in [4.78, 5) is 4.61. The molecule has 2 fully saturated rings. The fourth-order valence-corrected chi connectivity index (χ4v) is 3.95. The Labute approximate surface area is 156 Å². The van der Waals surface area contributed by atoms with Crippen molar-refractivity contribution in [1.82, 2.24) is 9.80 Å². The molecule has 3 rings (SSSR count). The van der Waals surface area contributed by atoms with Crippen molar-refractivity contribution in [3.8, 4) is 11.5 Å². The average molecular weight is 364 g/mol. The number of hydrogen-bond acceptors (Lipinski definition) is 6. The number of β-amino-alcohol motifs (C(OH)–C–C–N with tert-alkyl or cyclic N) is 1. The number of hydrogen-bond donors (Lipinski definition) is 2. The number of aliphatic hydroxyl groups is 2. The highest BCUT2D eigenvalue weighted by Gasteiger charge is 2.32. The molecule has 0 aromatic heterocycles. The van der Waals surface area contributed by atoms with E-state index in [9.17, 15) is 10.2 Å². The van der Waals surface area contributed by atoms with Gasteiger partial charge >= 0.3 is 0 Å². The number of ether oxygens (including phenoxy) is 2. The van der Waals surface area contributed by atoms with E-state index in [0.717, 1.165) is 43.1 Å².